The van der Waals surface area contributed by atoms with Gasteiger partial charge in [0.15, 0.2) is 0 Å². The Morgan fingerprint density at radius 1 is 1.27 bits per heavy atom. The van der Waals surface area contributed by atoms with Gasteiger partial charge in [0, 0.05) is 18.1 Å². The number of fused-ring (bicyclic) bond motifs is 1. The summed E-state index contributed by atoms with van der Waals surface area (Å²) in [6.45, 7) is 0. The molecule has 0 spiro atoms. The maximum atomic E-state index is 11.1. The van der Waals surface area contributed by atoms with Crippen LogP contribution in [0.3, 0.4) is 0 Å². The average molecular weight is 220 g/mol. The SMILES string of the molecule is O=c1cc2cc(C=CCCl)ccc2c[nH]1. The van der Waals surface area contributed by atoms with Crippen molar-refractivity contribution in [2.24, 2.45) is 0 Å². The van der Waals surface area contributed by atoms with Crippen molar-refractivity contribution in [1.82, 2.24) is 4.98 Å². The van der Waals surface area contributed by atoms with Crippen LogP contribution in [0, 0.1) is 0 Å². The highest BCUT2D eigenvalue weighted by molar-refractivity contribution is 6.19. The van der Waals surface area contributed by atoms with Crippen molar-refractivity contribution in [2.45, 2.75) is 0 Å². The van der Waals surface area contributed by atoms with Crippen LogP contribution in [0.4, 0.5) is 0 Å². The quantitative estimate of drug-likeness (QED) is 0.775. The summed E-state index contributed by atoms with van der Waals surface area (Å²) in [7, 11) is 0. The minimum Gasteiger partial charge on any atom is -0.328 e. The second kappa shape index (κ2) is 4.32. The Labute approximate surface area is 92.2 Å². The van der Waals surface area contributed by atoms with E-state index < -0.39 is 0 Å². The summed E-state index contributed by atoms with van der Waals surface area (Å²) in [6.07, 6.45) is 5.52. The van der Waals surface area contributed by atoms with Crippen molar-refractivity contribution in [1.29, 1.82) is 0 Å². The molecule has 1 N–H and O–H groups in total. The molecule has 15 heavy (non-hydrogen) atoms. The standard InChI is InChI=1S/C12H10ClNO/c13-5-1-2-9-3-4-10-8-14-12(15)7-11(10)6-9/h1-4,6-8H,5H2,(H,14,15). The minimum absolute atomic E-state index is 0.0824. The third kappa shape index (κ3) is 2.28. The average Bonchev–Trinajstić information content (AvgIpc) is 2.25. The normalized spacial score (nSPS) is 11.3. The summed E-state index contributed by atoms with van der Waals surface area (Å²) in [5.74, 6) is 0.493. The molecule has 0 atom stereocenters. The topological polar surface area (TPSA) is 32.9 Å². The maximum Gasteiger partial charge on any atom is 0.248 e. The first-order chi connectivity index (χ1) is 7.29. The van der Waals surface area contributed by atoms with Gasteiger partial charge in [0.25, 0.3) is 0 Å². The first-order valence-electron chi connectivity index (χ1n) is 4.64. The van der Waals surface area contributed by atoms with E-state index in [0.29, 0.717) is 5.88 Å². The van der Waals surface area contributed by atoms with Crippen molar-refractivity contribution in [3.05, 3.63) is 52.5 Å². The Kier molecular flexibility index (Phi) is 2.88. The molecule has 76 valence electrons. The zero-order valence-electron chi connectivity index (χ0n) is 8.03. The van der Waals surface area contributed by atoms with Crippen molar-refractivity contribution >= 4 is 28.4 Å². The van der Waals surface area contributed by atoms with Crippen LogP contribution in [0.2, 0.25) is 0 Å². The van der Waals surface area contributed by atoms with E-state index in [4.69, 9.17) is 11.6 Å². The molecule has 0 saturated heterocycles. The lowest BCUT2D eigenvalue weighted by atomic mass is 10.1. The van der Waals surface area contributed by atoms with Gasteiger partial charge in [-0.2, -0.15) is 0 Å². The molecule has 2 aromatic rings. The fraction of sp³-hybridized carbons (Fsp3) is 0.0833. The monoisotopic (exact) mass is 219 g/mol. The van der Waals surface area contributed by atoms with Gasteiger partial charge in [0.2, 0.25) is 5.56 Å². The molecule has 0 saturated carbocycles. The molecular formula is C12H10ClNO. The van der Waals surface area contributed by atoms with Crippen LogP contribution in [0.5, 0.6) is 0 Å². The van der Waals surface area contributed by atoms with E-state index in [0.717, 1.165) is 16.3 Å². The van der Waals surface area contributed by atoms with Gasteiger partial charge in [-0.1, -0.05) is 24.3 Å². The van der Waals surface area contributed by atoms with Crippen LogP contribution in [0.15, 0.2) is 41.3 Å². The van der Waals surface area contributed by atoms with Gasteiger partial charge in [0.05, 0.1) is 0 Å². The number of aromatic amines is 1. The second-order valence-electron chi connectivity index (χ2n) is 3.24. The molecule has 0 aliphatic heterocycles. The molecule has 1 aromatic heterocycles. The van der Waals surface area contributed by atoms with Crippen molar-refractivity contribution in [3.8, 4) is 0 Å². The summed E-state index contributed by atoms with van der Waals surface area (Å²) >= 11 is 5.55. The van der Waals surface area contributed by atoms with Crippen molar-refractivity contribution < 1.29 is 0 Å². The number of benzene rings is 1. The molecular weight excluding hydrogens is 210 g/mol. The summed E-state index contributed by atoms with van der Waals surface area (Å²) in [6, 6.07) is 7.52. The first kappa shape index (κ1) is 9.99. The molecule has 0 bridgehead atoms. The van der Waals surface area contributed by atoms with E-state index in [1.807, 2.05) is 30.4 Å². The Morgan fingerprint density at radius 3 is 2.93 bits per heavy atom. The predicted molar refractivity (Wildman–Crippen MR) is 64.3 cm³/mol. The molecule has 3 heteroatoms. The van der Waals surface area contributed by atoms with Crippen LogP contribution in [0.25, 0.3) is 16.8 Å². The lowest BCUT2D eigenvalue weighted by Crippen LogP contribution is -2.01. The molecule has 0 aliphatic carbocycles. The van der Waals surface area contributed by atoms with Crippen LogP contribution in [0.1, 0.15) is 5.56 Å². The first-order valence-corrected chi connectivity index (χ1v) is 5.18. The van der Waals surface area contributed by atoms with E-state index >= 15 is 0 Å². The number of nitrogens with one attached hydrogen (secondary N) is 1. The Morgan fingerprint density at radius 2 is 2.13 bits per heavy atom. The molecule has 2 nitrogen and oxygen atoms in total. The van der Waals surface area contributed by atoms with E-state index in [1.54, 1.807) is 12.3 Å². The number of hydrogen-bond donors (Lipinski definition) is 1. The van der Waals surface area contributed by atoms with Gasteiger partial charge in [0.1, 0.15) is 0 Å². The van der Waals surface area contributed by atoms with Crippen molar-refractivity contribution in [2.75, 3.05) is 5.88 Å². The summed E-state index contributed by atoms with van der Waals surface area (Å²) in [5.41, 5.74) is 0.967. The number of pyridine rings is 1. The molecule has 0 radical (unpaired) electrons. The number of aromatic nitrogens is 1. The summed E-state index contributed by atoms with van der Waals surface area (Å²) < 4.78 is 0. The van der Waals surface area contributed by atoms with Crippen LogP contribution >= 0.6 is 11.6 Å². The molecule has 1 aromatic carbocycles. The maximum absolute atomic E-state index is 11.1. The number of allylic oxidation sites excluding steroid dienone is 1. The lowest BCUT2D eigenvalue weighted by molar-refractivity contribution is 1.27. The van der Waals surface area contributed by atoms with Crippen molar-refractivity contribution in [3.63, 3.8) is 0 Å². The molecule has 0 aliphatic rings. The van der Waals surface area contributed by atoms with Gasteiger partial charge in [-0.05, 0) is 22.4 Å². The van der Waals surface area contributed by atoms with Gasteiger partial charge >= 0.3 is 0 Å². The summed E-state index contributed by atoms with van der Waals surface area (Å²) in [4.78, 5) is 13.8. The highest BCUT2D eigenvalue weighted by Crippen LogP contribution is 2.14. The zero-order chi connectivity index (χ0) is 10.7. The zero-order valence-corrected chi connectivity index (χ0v) is 8.79. The lowest BCUT2D eigenvalue weighted by Gasteiger charge is -1.98. The van der Waals surface area contributed by atoms with E-state index in [2.05, 4.69) is 4.98 Å². The number of rotatable bonds is 2. The van der Waals surface area contributed by atoms with E-state index in [1.165, 1.54) is 0 Å². The molecule has 2 rings (SSSR count). The van der Waals surface area contributed by atoms with E-state index in [9.17, 15) is 4.79 Å². The molecule has 1 heterocycles. The largest absolute Gasteiger partial charge is 0.328 e. The fourth-order valence-electron chi connectivity index (χ4n) is 1.47. The highest BCUT2D eigenvalue weighted by atomic mass is 35.5. The fourth-order valence-corrected chi connectivity index (χ4v) is 1.55. The molecule has 0 unspecified atom stereocenters. The van der Waals surface area contributed by atoms with Crippen LogP contribution in [-0.2, 0) is 0 Å². The Balaban J connectivity index is 2.54. The van der Waals surface area contributed by atoms with E-state index in [-0.39, 0.29) is 5.56 Å². The third-order valence-electron chi connectivity index (χ3n) is 2.17. The highest BCUT2D eigenvalue weighted by Gasteiger charge is 1.94. The molecule has 0 amide bonds. The van der Waals surface area contributed by atoms with Gasteiger partial charge in [-0.25, -0.2) is 0 Å². The number of hydrogen-bond acceptors (Lipinski definition) is 1. The van der Waals surface area contributed by atoms with Crippen LogP contribution in [-0.4, -0.2) is 10.9 Å². The van der Waals surface area contributed by atoms with Gasteiger partial charge < -0.3 is 4.98 Å². The van der Waals surface area contributed by atoms with Crippen LogP contribution < -0.4 is 5.56 Å². The second-order valence-corrected chi connectivity index (χ2v) is 3.55. The Hall–Kier alpha value is -1.54. The third-order valence-corrected chi connectivity index (χ3v) is 2.34. The molecule has 0 fully saturated rings. The number of alkyl halides is 1. The Bertz CT molecular complexity index is 557. The number of halogens is 1. The predicted octanol–water partition coefficient (Wildman–Crippen LogP) is 2.78. The van der Waals surface area contributed by atoms with Gasteiger partial charge in [-0.3, -0.25) is 4.79 Å². The van der Waals surface area contributed by atoms with Gasteiger partial charge in [-0.15, -0.1) is 11.6 Å². The number of H-pyrrole nitrogens is 1. The smallest absolute Gasteiger partial charge is 0.248 e. The minimum atomic E-state index is -0.0824. The summed E-state index contributed by atoms with van der Waals surface area (Å²) in [5, 5.41) is 1.97.